The third kappa shape index (κ3) is 4.57. The summed E-state index contributed by atoms with van der Waals surface area (Å²) in [5.74, 6) is 0.821. The number of rotatable bonds is 6. The average Bonchev–Trinajstić information content (AvgIpc) is 2.25. The summed E-state index contributed by atoms with van der Waals surface area (Å²) in [6.45, 7) is 4.68. The van der Waals surface area contributed by atoms with Gasteiger partial charge in [0.15, 0.2) is 5.78 Å². The number of hydrogen-bond donors (Lipinski definition) is 0. The highest BCUT2D eigenvalue weighted by Crippen LogP contribution is 2.20. The van der Waals surface area contributed by atoms with E-state index in [-0.39, 0.29) is 11.9 Å². The van der Waals surface area contributed by atoms with Gasteiger partial charge in [-0.25, -0.2) is 0 Å². The maximum Gasteiger partial charge on any atom is 0.167 e. The SMILES string of the molecule is CC(C)Oc1ccccc1C(=O)CCN(C)C. The molecular formula is C14H21NO2. The molecule has 0 unspecified atom stereocenters. The van der Waals surface area contributed by atoms with Crippen molar-refractivity contribution in [3.05, 3.63) is 29.8 Å². The van der Waals surface area contributed by atoms with Gasteiger partial charge in [-0.05, 0) is 40.1 Å². The number of ether oxygens (including phenoxy) is 1. The van der Waals surface area contributed by atoms with Gasteiger partial charge in [-0.3, -0.25) is 4.79 Å². The van der Waals surface area contributed by atoms with Crippen molar-refractivity contribution >= 4 is 5.78 Å². The van der Waals surface area contributed by atoms with Gasteiger partial charge in [-0.2, -0.15) is 0 Å². The zero-order valence-electron chi connectivity index (χ0n) is 11.1. The lowest BCUT2D eigenvalue weighted by atomic mass is 10.1. The van der Waals surface area contributed by atoms with Crippen LogP contribution in [0.1, 0.15) is 30.6 Å². The van der Waals surface area contributed by atoms with Crippen LogP contribution in [-0.4, -0.2) is 37.4 Å². The Balaban J connectivity index is 2.78. The van der Waals surface area contributed by atoms with Crippen molar-refractivity contribution in [1.29, 1.82) is 0 Å². The van der Waals surface area contributed by atoms with Crippen LogP contribution in [0.3, 0.4) is 0 Å². The normalized spacial score (nSPS) is 10.9. The first-order chi connectivity index (χ1) is 8.00. The minimum Gasteiger partial charge on any atom is -0.490 e. The zero-order valence-corrected chi connectivity index (χ0v) is 11.1. The molecule has 1 aromatic carbocycles. The van der Waals surface area contributed by atoms with Gasteiger partial charge in [-0.15, -0.1) is 0 Å². The standard InChI is InChI=1S/C14H21NO2/c1-11(2)17-14-8-6-5-7-12(14)13(16)9-10-15(3)4/h5-8,11H,9-10H2,1-4H3. The molecule has 0 aliphatic rings. The summed E-state index contributed by atoms with van der Waals surface area (Å²) in [5.41, 5.74) is 0.683. The number of carbonyl (C=O) groups excluding carboxylic acids is 1. The van der Waals surface area contributed by atoms with Crippen molar-refractivity contribution in [1.82, 2.24) is 4.90 Å². The molecule has 0 atom stereocenters. The summed E-state index contributed by atoms with van der Waals surface area (Å²) in [7, 11) is 3.92. The minimum atomic E-state index is 0.0813. The van der Waals surface area contributed by atoms with Gasteiger partial charge < -0.3 is 9.64 Å². The predicted molar refractivity (Wildman–Crippen MR) is 69.7 cm³/mol. The van der Waals surface area contributed by atoms with E-state index in [9.17, 15) is 4.79 Å². The molecule has 0 saturated heterocycles. The van der Waals surface area contributed by atoms with Gasteiger partial charge in [-0.1, -0.05) is 12.1 Å². The summed E-state index contributed by atoms with van der Waals surface area (Å²) >= 11 is 0. The Morgan fingerprint density at radius 1 is 1.29 bits per heavy atom. The van der Waals surface area contributed by atoms with Crippen LogP contribution in [-0.2, 0) is 0 Å². The van der Waals surface area contributed by atoms with E-state index >= 15 is 0 Å². The highest BCUT2D eigenvalue weighted by atomic mass is 16.5. The highest BCUT2D eigenvalue weighted by Gasteiger charge is 2.12. The first-order valence-electron chi connectivity index (χ1n) is 5.94. The van der Waals surface area contributed by atoms with E-state index in [1.165, 1.54) is 0 Å². The van der Waals surface area contributed by atoms with Crippen molar-refractivity contribution < 1.29 is 9.53 Å². The van der Waals surface area contributed by atoms with Gasteiger partial charge in [0.2, 0.25) is 0 Å². The minimum absolute atomic E-state index is 0.0813. The van der Waals surface area contributed by atoms with Crippen LogP contribution in [0.15, 0.2) is 24.3 Å². The van der Waals surface area contributed by atoms with E-state index in [1.54, 1.807) is 0 Å². The molecule has 0 fully saturated rings. The largest absolute Gasteiger partial charge is 0.490 e. The Labute approximate surface area is 103 Å². The van der Waals surface area contributed by atoms with Crippen molar-refractivity contribution in [2.24, 2.45) is 0 Å². The van der Waals surface area contributed by atoms with Crippen LogP contribution < -0.4 is 4.74 Å². The first kappa shape index (κ1) is 13.7. The first-order valence-corrected chi connectivity index (χ1v) is 5.94. The Kier molecular flexibility index (Phi) is 5.16. The molecule has 0 radical (unpaired) electrons. The van der Waals surface area contributed by atoms with Gasteiger partial charge in [0.1, 0.15) is 5.75 Å². The number of benzene rings is 1. The fourth-order valence-corrected chi connectivity index (χ4v) is 1.51. The van der Waals surface area contributed by atoms with E-state index in [0.29, 0.717) is 17.7 Å². The Morgan fingerprint density at radius 2 is 1.94 bits per heavy atom. The topological polar surface area (TPSA) is 29.5 Å². The number of carbonyl (C=O) groups is 1. The van der Waals surface area contributed by atoms with E-state index in [1.807, 2.05) is 57.1 Å². The summed E-state index contributed by atoms with van der Waals surface area (Å²) in [6, 6.07) is 7.44. The van der Waals surface area contributed by atoms with Gasteiger partial charge >= 0.3 is 0 Å². The lowest BCUT2D eigenvalue weighted by Crippen LogP contribution is -2.17. The third-order valence-electron chi connectivity index (χ3n) is 2.34. The lowest BCUT2D eigenvalue weighted by Gasteiger charge is -2.14. The van der Waals surface area contributed by atoms with Crippen LogP contribution in [0.2, 0.25) is 0 Å². The molecule has 0 aliphatic heterocycles. The Hall–Kier alpha value is -1.35. The van der Waals surface area contributed by atoms with Crippen molar-refractivity contribution in [2.75, 3.05) is 20.6 Å². The fourth-order valence-electron chi connectivity index (χ4n) is 1.51. The number of ketones is 1. The second kappa shape index (κ2) is 6.40. The number of para-hydroxylation sites is 1. The van der Waals surface area contributed by atoms with Gasteiger partial charge in [0.25, 0.3) is 0 Å². The molecule has 3 heteroatoms. The Bertz CT molecular complexity index is 372. The maximum atomic E-state index is 12.0. The Morgan fingerprint density at radius 3 is 2.53 bits per heavy atom. The average molecular weight is 235 g/mol. The van der Waals surface area contributed by atoms with Crippen LogP contribution in [0, 0.1) is 0 Å². The molecule has 0 N–H and O–H groups in total. The summed E-state index contributed by atoms with van der Waals surface area (Å²) in [4.78, 5) is 14.0. The van der Waals surface area contributed by atoms with E-state index in [2.05, 4.69) is 0 Å². The number of Topliss-reactive ketones (excluding diaryl/α,β-unsaturated/α-hetero) is 1. The molecule has 17 heavy (non-hydrogen) atoms. The molecule has 94 valence electrons. The monoisotopic (exact) mass is 235 g/mol. The summed E-state index contributed by atoms with van der Waals surface area (Å²) in [6.07, 6.45) is 0.601. The molecule has 0 bridgehead atoms. The van der Waals surface area contributed by atoms with Crippen molar-refractivity contribution in [3.63, 3.8) is 0 Å². The number of nitrogens with zero attached hydrogens (tertiary/aromatic N) is 1. The van der Waals surface area contributed by atoms with E-state index in [0.717, 1.165) is 6.54 Å². The van der Waals surface area contributed by atoms with Crippen LogP contribution in [0.5, 0.6) is 5.75 Å². The molecule has 0 heterocycles. The van der Waals surface area contributed by atoms with Crippen LogP contribution in [0.25, 0.3) is 0 Å². The molecule has 1 rings (SSSR count). The van der Waals surface area contributed by atoms with Crippen molar-refractivity contribution in [3.8, 4) is 5.75 Å². The van der Waals surface area contributed by atoms with Crippen LogP contribution in [0.4, 0.5) is 0 Å². The fraction of sp³-hybridized carbons (Fsp3) is 0.500. The highest BCUT2D eigenvalue weighted by molar-refractivity contribution is 5.98. The van der Waals surface area contributed by atoms with E-state index in [4.69, 9.17) is 4.74 Å². The predicted octanol–water partition coefficient (Wildman–Crippen LogP) is 2.61. The van der Waals surface area contributed by atoms with E-state index < -0.39 is 0 Å². The second-order valence-corrected chi connectivity index (χ2v) is 4.64. The van der Waals surface area contributed by atoms with Crippen LogP contribution >= 0.6 is 0 Å². The zero-order chi connectivity index (χ0) is 12.8. The molecule has 0 aromatic heterocycles. The molecule has 0 spiro atoms. The molecule has 1 aromatic rings. The summed E-state index contributed by atoms with van der Waals surface area (Å²) in [5, 5.41) is 0. The molecule has 3 nitrogen and oxygen atoms in total. The smallest absolute Gasteiger partial charge is 0.167 e. The quantitative estimate of drug-likeness (QED) is 0.710. The molecular weight excluding hydrogens is 214 g/mol. The second-order valence-electron chi connectivity index (χ2n) is 4.64. The molecule has 0 saturated carbocycles. The number of hydrogen-bond acceptors (Lipinski definition) is 3. The summed E-state index contributed by atoms with van der Waals surface area (Å²) < 4.78 is 5.64. The van der Waals surface area contributed by atoms with Gasteiger partial charge in [0, 0.05) is 13.0 Å². The lowest BCUT2D eigenvalue weighted by molar-refractivity contribution is 0.0967. The van der Waals surface area contributed by atoms with Crippen molar-refractivity contribution in [2.45, 2.75) is 26.4 Å². The van der Waals surface area contributed by atoms with Gasteiger partial charge in [0.05, 0.1) is 11.7 Å². The molecule has 0 aliphatic carbocycles. The maximum absolute atomic E-state index is 12.0. The molecule has 0 amide bonds. The third-order valence-corrected chi connectivity index (χ3v) is 2.34.